The van der Waals surface area contributed by atoms with Crippen LogP contribution in [0.4, 0.5) is 18.9 Å². The maximum absolute atomic E-state index is 12.1. The lowest BCUT2D eigenvalue weighted by atomic mass is 10.1. The predicted octanol–water partition coefficient (Wildman–Crippen LogP) is 4.06. The predicted molar refractivity (Wildman–Crippen MR) is 93.8 cm³/mol. The summed E-state index contributed by atoms with van der Waals surface area (Å²) < 4.78 is 40.2. The molecule has 26 heavy (non-hydrogen) atoms. The Kier molecular flexibility index (Phi) is 4.92. The van der Waals surface area contributed by atoms with Crippen molar-refractivity contribution in [2.75, 3.05) is 5.32 Å². The molecule has 0 saturated carbocycles. The van der Waals surface area contributed by atoms with Crippen LogP contribution in [0, 0.1) is 0 Å². The van der Waals surface area contributed by atoms with Gasteiger partial charge in [-0.15, -0.1) is 13.2 Å². The van der Waals surface area contributed by atoms with E-state index in [4.69, 9.17) is 5.73 Å². The highest BCUT2D eigenvalue weighted by atomic mass is 19.4. The standard InChI is InChI=1S/C18H15F3N4O/c19-18(20,21)26-14-7-5-13(6-8-14)25-17(22)24-11-12-9-10-23-16-4-2-1-3-15(12)16/h1-10H,11H2,(H3,22,24,25). The van der Waals surface area contributed by atoms with Gasteiger partial charge in [-0.25, -0.2) is 4.99 Å². The van der Waals surface area contributed by atoms with Crippen molar-refractivity contribution in [1.29, 1.82) is 0 Å². The van der Waals surface area contributed by atoms with Crippen LogP contribution < -0.4 is 15.8 Å². The van der Waals surface area contributed by atoms with Crippen molar-refractivity contribution in [3.63, 3.8) is 0 Å². The van der Waals surface area contributed by atoms with Gasteiger partial charge in [0.05, 0.1) is 12.1 Å². The number of aromatic nitrogens is 1. The van der Waals surface area contributed by atoms with Crippen molar-refractivity contribution in [3.05, 3.63) is 66.4 Å². The number of guanidine groups is 1. The van der Waals surface area contributed by atoms with Gasteiger partial charge < -0.3 is 15.8 Å². The molecule has 0 bridgehead atoms. The quantitative estimate of drug-likeness (QED) is 0.544. The molecule has 3 rings (SSSR count). The van der Waals surface area contributed by atoms with E-state index in [1.807, 2.05) is 30.3 Å². The fourth-order valence-electron chi connectivity index (χ4n) is 2.39. The molecule has 0 spiro atoms. The molecule has 1 aromatic heterocycles. The highest BCUT2D eigenvalue weighted by Crippen LogP contribution is 2.24. The Balaban J connectivity index is 1.67. The largest absolute Gasteiger partial charge is 0.573 e. The number of ether oxygens (including phenoxy) is 1. The number of hydrogen-bond acceptors (Lipinski definition) is 3. The van der Waals surface area contributed by atoms with Gasteiger partial charge in [0.25, 0.3) is 0 Å². The van der Waals surface area contributed by atoms with Crippen LogP contribution in [0.15, 0.2) is 65.8 Å². The number of fused-ring (bicyclic) bond motifs is 1. The van der Waals surface area contributed by atoms with E-state index in [9.17, 15) is 13.2 Å². The second-order valence-electron chi connectivity index (χ2n) is 5.39. The fourth-order valence-corrected chi connectivity index (χ4v) is 2.39. The van der Waals surface area contributed by atoms with Gasteiger partial charge in [-0.1, -0.05) is 18.2 Å². The zero-order valence-electron chi connectivity index (χ0n) is 13.5. The van der Waals surface area contributed by atoms with Crippen LogP contribution in [-0.2, 0) is 6.54 Å². The molecule has 0 saturated heterocycles. The third kappa shape index (κ3) is 4.62. The minimum Gasteiger partial charge on any atom is -0.406 e. The third-order valence-corrected chi connectivity index (χ3v) is 3.52. The Morgan fingerprint density at radius 3 is 2.54 bits per heavy atom. The van der Waals surface area contributed by atoms with Gasteiger partial charge in [0.15, 0.2) is 5.96 Å². The molecule has 0 aliphatic heterocycles. The van der Waals surface area contributed by atoms with Crippen LogP contribution in [0.1, 0.15) is 5.56 Å². The number of nitrogens with zero attached hydrogens (tertiary/aromatic N) is 2. The van der Waals surface area contributed by atoms with E-state index in [-0.39, 0.29) is 11.7 Å². The number of halogens is 3. The van der Waals surface area contributed by atoms with Crippen molar-refractivity contribution >= 4 is 22.5 Å². The number of benzene rings is 2. The van der Waals surface area contributed by atoms with Gasteiger partial charge in [0, 0.05) is 17.3 Å². The minimum atomic E-state index is -4.72. The Morgan fingerprint density at radius 2 is 1.81 bits per heavy atom. The average molecular weight is 360 g/mol. The third-order valence-electron chi connectivity index (χ3n) is 3.52. The van der Waals surface area contributed by atoms with Crippen LogP contribution in [0.25, 0.3) is 10.9 Å². The van der Waals surface area contributed by atoms with Crippen LogP contribution in [0.3, 0.4) is 0 Å². The normalized spacial score (nSPS) is 12.2. The molecule has 2 aromatic carbocycles. The molecule has 5 nitrogen and oxygen atoms in total. The molecule has 1 heterocycles. The van der Waals surface area contributed by atoms with E-state index < -0.39 is 6.36 Å². The van der Waals surface area contributed by atoms with E-state index in [1.54, 1.807) is 6.20 Å². The average Bonchev–Trinajstić information content (AvgIpc) is 2.60. The second kappa shape index (κ2) is 7.30. The zero-order valence-corrected chi connectivity index (χ0v) is 13.5. The van der Waals surface area contributed by atoms with E-state index in [0.717, 1.165) is 16.5 Å². The van der Waals surface area contributed by atoms with Gasteiger partial charge in [0.1, 0.15) is 5.75 Å². The van der Waals surface area contributed by atoms with Gasteiger partial charge >= 0.3 is 6.36 Å². The van der Waals surface area contributed by atoms with Crippen LogP contribution >= 0.6 is 0 Å². The molecule has 0 atom stereocenters. The zero-order chi connectivity index (χ0) is 18.6. The van der Waals surface area contributed by atoms with Crippen molar-refractivity contribution in [1.82, 2.24) is 4.98 Å². The summed E-state index contributed by atoms with van der Waals surface area (Å²) in [7, 11) is 0. The Morgan fingerprint density at radius 1 is 1.08 bits per heavy atom. The number of nitrogens with two attached hydrogens (primary N) is 1. The molecule has 0 aliphatic rings. The van der Waals surface area contributed by atoms with Crippen LogP contribution in [-0.4, -0.2) is 17.3 Å². The lowest BCUT2D eigenvalue weighted by Crippen LogP contribution is -2.22. The summed E-state index contributed by atoms with van der Waals surface area (Å²) in [5.74, 6) is -0.155. The number of aliphatic imine (C=N–C) groups is 1. The molecule has 8 heteroatoms. The van der Waals surface area contributed by atoms with E-state index in [2.05, 4.69) is 20.0 Å². The second-order valence-corrected chi connectivity index (χ2v) is 5.39. The molecule has 0 aliphatic carbocycles. The smallest absolute Gasteiger partial charge is 0.406 e. The minimum absolute atomic E-state index is 0.149. The number of pyridine rings is 1. The molecule has 0 amide bonds. The first-order valence-corrected chi connectivity index (χ1v) is 7.66. The summed E-state index contributed by atoms with van der Waals surface area (Å²) in [6, 6.07) is 14.8. The summed E-state index contributed by atoms with van der Waals surface area (Å²) in [4.78, 5) is 8.55. The Hall–Kier alpha value is -3.29. The van der Waals surface area contributed by atoms with Crippen molar-refractivity contribution in [3.8, 4) is 5.75 Å². The molecular weight excluding hydrogens is 345 g/mol. The van der Waals surface area contributed by atoms with Crippen LogP contribution in [0.5, 0.6) is 5.75 Å². The number of hydrogen-bond donors (Lipinski definition) is 2. The number of rotatable bonds is 4. The van der Waals surface area contributed by atoms with Crippen LogP contribution in [0.2, 0.25) is 0 Å². The highest BCUT2D eigenvalue weighted by Gasteiger charge is 2.30. The molecule has 134 valence electrons. The first-order valence-electron chi connectivity index (χ1n) is 7.66. The summed E-state index contributed by atoms with van der Waals surface area (Å²) in [5, 5.41) is 3.81. The number of anilines is 1. The molecular formula is C18H15F3N4O. The molecule has 0 unspecified atom stereocenters. The van der Waals surface area contributed by atoms with E-state index >= 15 is 0 Å². The van der Waals surface area contributed by atoms with Gasteiger partial charge in [0.2, 0.25) is 0 Å². The van der Waals surface area contributed by atoms with Gasteiger partial charge in [-0.3, -0.25) is 4.98 Å². The fraction of sp³-hybridized carbons (Fsp3) is 0.111. The molecule has 3 N–H and O–H groups in total. The lowest BCUT2D eigenvalue weighted by molar-refractivity contribution is -0.274. The Bertz CT molecular complexity index is 918. The molecule has 0 fully saturated rings. The van der Waals surface area contributed by atoms with Crippen molar-refractivity contribution in [2.45, 2.75) is 12.9 Å². The molecule has 3 aromatic rings. The first kappa shape index (κ1) is 17.5. The number of para-hydroxylation sites is 1. The maximum atomic E-state index is 12.1. The number of nitrogens with one attached hydrogen (secondary N) is 1. The monoisotopic (exact) mass is 360 g/mol. The summed E-state index contributed by atoms with van der Waals surface area (Å²) in [6.07, 6.45) is -3.01. The van der Waals surface area contributed by atoms with Crippen molar-refractivity contribution in [2.24, 2.45) is 10.7 Å². The number of alkyl halides is 3. The summed E-state index contributed by atoms with van der Waals surface area (Å²) in [5.41, 5.74) is 8.18. The van der Waals surface area contributed by atoms with Gasteiger partial charge in [-0.2, -0.15) is 0 Å². The topological polar surface area (TPSA) is 72.5 Å². The Labute approximate surface area is 147 Å². The van der Waals surface area contributed by atoms with E-state index in [1.165, 1.54) is 24.3 Å². The summed E-state index contributed by atoms with van der Waals surface area (Å²) >= 11 is 0. The van der Waals surface area contributed by atoms with Gasteiger partial charge in [-0.05, 0) is 42.0 Å². The summed E-state index contributed by atoms with van der Waals surface area (Å²) in [6.45, 7) is 0.344. The van der Waals surface area contributed by atoms with Crippen molar-refractivity contribution < 1.29 is 17.9 Å². The molecule has 0 radical (unpaired) electrons. The SMILES string of the molecule is NC(=NCc1ccnc2ccccc12)Nc1ccc(OC(F)(F)F)cc1. The first-order chi connectivity index (χ1) is 12.4. The lowest BCUT2D eigenvalue weighted by Gasteiger charge is -2.10. The maximum Gasteiger partial charge on any atom is 0.573 e. The van der Waals surface area contributed by atoms with E-state index in [0.29, 0.717) is 12.2 Å². The highest BCUT2D eigenvalue weighted by molar-refractivity contribution is 5.92.